The monoisotopic (exact) mass is 576 g/mol. The molecule has 3 heterocycles. The number of hydrogen-bond donors (Lipinski definition) is 0. The van der Waals surface area contributed by atoms with E-state index in [0.29, 0.717) is 5.89 Å². The molecule has 0 saturated heterocycles. The molecular weight excluding hydrogens is 552 g/mol. The van der Waals surface area contributed by atoms with Crippen LogP contribution >= 0.6 is 0 Å². The third kappa shape index (κ3) is 3.57. The molecule has 0 aliphatic heterocycles. The van der Waals surface area contributed by atoms with Crippen LogP contribution < -0.4 is 0 Å². The van der Waals surface area contributed by atoms with E-state index >= 15 is 0 Å². The summed E-state index contributed by atoms with van der Waals surface area (Å²) in [7, 11) is 0. The molecule has 4 heteroatoms. The van der Waals surface area contributed by atoms with Crippen LogP contribution in [0, 0.1) is 0 Å². The molecule has 0 unspecified atom stereocenters. The molecule has 45 heavy (non-hydrogen) atoms. The molecule has 0 bridgehead atoms. The lowest BCUT2D eigenvalue weighted by molar-refractivity contribution is 0.619. The van der Waals surface area contributed by atoms with Crippen molar-refractivity contribution in [2.45, 2.75) is 0 Å². The molecule has 0 aliphatic carbocycles. The van der Waals surface area contributed by atoms with Crippen LogP contribution in [0.4, 0.5) is 0 Å². The molecule has 0 N–H and O–H groups in total. The quantitative estimate of drug-likeness (QED) is 0.210. The Balaban J connectivity index is 1.16. The zero-order valence-electron chi connectivity index (χ0n) is 24.1. The molecular formula is C41H24N2O2. The summed E-state index contributed by atoms with van der Waals surface area (Å²) in [5.74, 6) is 0.584. The van der Waals surface area contributed by atoms with Gasteiger partial charge in [-0.3, -0.25) is 0 Å². The summed E-state index contributed by atoms with van der Waals surface area (Å²) >= 11 is 0. The molecule has 3 aromatic heterocycles. The zero-order chi connectivity index (χ0) is 29.5. The molecule has 0 radical (unpaired) electrons. The predicted molar refractivity (Wildman–Crippen MR) is 184 cm³/mol. The first kappa shape index (κ1) is 24.3. The lowest BCUT2D eigenvalue weighted by Crippen LogP contribution is -1.93. The number of rotatable bonds is 3. The van der Waals surface area contributed by atoms with Crippen molar-refractivity contribution < 1.29 is 8.83 Å². The number of furan rings is 1. The first-order valence-electron chi connectivity index (χ1n) is 15.1. The minimum absolute atomic E-state index is 0.584. The zero-order valence-corrected chi connectivity index (χ0v) is 24.1. The topological polar surface area (TPSA) is 44.1 Å². The van der Waals surface area contributed by atoms with Crippen molar-refractivity contribution in [3.05, 3.63) is 146 Å². The van der Waals surface area contributed by atoms with Gasteiger partial charge in [0.2, 0.25) is 5.89 Å². The number of hydrogen-bond acceptors (Lipinski definition) is 3. The van der Waals surface area contributed by atoms with E-state index in [2.05, 4.69) is 132 Å². The fraction of sp³-hybridized carbons (Fsp3) is 0. The molecule has 0 aliphatic rings. The fourth-order valence-electron chi connectivity index (χ4n) is 6.92. The van der Waals surface area contributed by atoms with Gasteiger partial charge in [0.05, 0.1) is 16.4 Å². The van der Waals surface area contributed by atoms with Crippen LogP contribution in [0.5, 0.6) is 0 Å². The van der Waals surface area contributed by atoms with Gasteiger partial charge in [0.25, 0.3) is 0 Å². The van der Waals surface area contributed by atoms with Crippen LogP contribution in [0.2, 0.25) is 0 Å². The van der Waals surface area contributed by atoms with E-state index in [1.165, 1.54) is 32.6 Å². The molecule has 210 valence electrons. The summed E-state index contributed by atoms with van der Waals surface area (Å²) < 4.78 is 15.4. The summed E-state index contributed by atoms with van der Waals surface area (Å²) in [5, 5.41) is 6.88. The molecule has 10 rings (SSSR count). The Bertz CT molecular complexity index is 2710. The lowest BCUT2D eigenvalue weighted by Gasteiger charge is -2.08. The van der Waals surface area contributed by atoms with Crippen molar-refractivity contribution in [1.82, 2.24) is 9.55 Å². The Labute approximate surface area is 257 Å². The molecule has 0 saturated carbocycles. The van der Waals surface area contributed by atoms with Gasteiger partial charge in [-0.25, -0.2) is 4.98 Å². The Morgan fingerprint density at radius 3 is 1.91 bits per heavy atom. The van der Waals surface area contributed by atoms with Gasteiger partial charge in [0.1, 0.15) is 16.7 Å². The molecule has 4 nitrogen and oxygen atoms in total. The maximum atomic E-state index is 6.54. The van der Waals surface area contributed by atoms with Gasteiger partial charge >= 0.3 is 0 Å². The van der Waals surface area contributed by atoms with Crippen molar-refractivity contribution in [3.63, 3.8) is 0 Å². The number of aromatic nitrogens is 2. The van der Waals surface area contributed by atoms with Crippen LogP contribution in [-0.4, -0.2) is 9.55 Å². The smallest absolute Gasteiger partial charge is 0.227 e. The summed E-state index contributed by atoms with van der Waals surface area (Å²) in [6.45, 7) is 0. The molecule has 0 fully saturated rings. The first-order valence-corrected chi connectivity index (χ1v) is 15.1. The fourth-order valence-corrected chi connectivity index (χ4v) is 6.92. The normalized spacial score (nSPS) is 12.0. The van der Waals surface area contributed by atoms with Crippen molar-refractivity contribution >= 4 is 65.6 Å². The van der Waals surface area contributed by atoms with Gasteiger partial charge in [-0.1, -0.05) is 91.0 Å². The number of fused-ring (bicyclic) bond motifs is 9. The van der Waals surface area contributed by atoms with Crippen LogP contribution in [0.15, 0.2) is 154 Å². The van der Waals surface area contributed by atoms with Crippen molar-refractivity contribution in [1.29, 1.82) is 0 Å². The van der Waals surface area contributed by atoms with Gasteiger partial charge in [-0.15, -0.1) is 0 Å². The van der Waals surface area contributed by atoms with E-state index in [-0.39, 0.29) is 0 Å². The van der Waals surface area contributed by atoms with E-state index in [1.54, 1.807) is 0 Å². The molecule has 0 amide bonds. The Hall–Kier alpha value is -6.13. The van der Waals surface area contributed by atoms with E-state index in [0.717, 1.165) is 55.4 Å². The predicted octanol–water partition coefficient (Wildman–Crippen LogP) is 11.3. The van der Waals surface area contributed by atoms with Gasteiger partial charge < -0.3 is 13.4 Å². The number of para-hydroxylation sites is 3. The van der Waals surface area contributed by atoms with Crippen LogP contribution in [-0.2, 0) is 0 Å². The van der Waals surface area contributed by atoms with E-state index in [1.807, 2.05) is 18.2 Å². The molecule has 7 aromatic carbocycles. The second kappa shape index (κ2) is 9.18. The summed E-state index contributed by atoms with van der Waals surface area (Å²) in [4.78, 5) is 5.08. The maximum absolute atomic E-state index is 6.54. The average Bonchev–Trinajstić information content (AvgIpc) is 3.80. The van der Waals surface area contributed by atoms with Gasteiger partial charge in [-0.05, 0) is 70.9 Å². The molecule has 0 spiro atoms. The SMILES string of the molecule is c1ccc2cc(-c3cc4oc(-c5ccc(-n6c7ccccc7c7ccccc76)cc5)nc4c4c3oc3ccccc34)ccc2c1. The highest BCUT2D eigenvalue weighted by atomic mass is 16.4. The Morgan fingerprint density at radius 1 is 0.489 bits per heavy atom. The standard InChI is InChI=1S/C41H24N2O2/c1-2-10-27-23-28(18-17-25(27)9-1)33-24-37-39(38-32-13-5-8-16-36(32)44-40(33)38)42-41(45-37)26-19-21-29(22-20-26)43-34-14-6-3-11-30(34)31-12-4-7-15-35(31)43/h1-24H. The van der Waals surface area contributed by atoms with Gasteiger partial charge in [0, 0.05) is 33.0 Å². The van der Waals surface area contributed by atoms with Gasteiger partial charge in [0.15, 0.2) is 5.58 Å². The average molecular weight is 577 g/mol. The van der Waals surface area contributed by atoms with E-state index in [9.17, 15) is 0 Å². The third-order valence-corrected chi connectivity index (χ3v) is 9.02. The van der Waals surface area contributed by atoms with Crippen molar-refractivity contribution in [3.8, 4) is 28.3 Å². The molecule has 10 aromatic rings. The number of benzene rings is 7. The van der Waals surface area contributed by atoms with Crippen LogP contribution in [0.3, 0.4) is 0 Å². The maximum Gasteiger partial charge on any atom is 0.227 e. The lowest BCUT2D eigenvalue weighted by atomic mass is 9.98. The van der Waals surface area contributed by atoms with Crippen LogP contribution in [0.25, 0.3) is 93.9 Å². The van der Waals surface area contributed by atoms with Crippen molar-refractivity contribution in [2.75, 3.05) is 0 Å². The van der Waals surface area contributed by atoms with E-state index in [4.69, 9.17) is 13.8 Å². The highest BCUT2D eigenvalue weighted by molar-refractivity contribution is 6.21. The highest BCUT2D eigenvalue weighted by Gasteiger charge is 2.21. The number of nitrogens with zero attached hydrogens (tertiary/aromatic N) is 2. The molecule has 0 atom stereocenters. The largest absolute Gasteiger partial charge is 0.455 e. The third-order valence-electron chi connectivity index (χ3n) is 9.02. The Kier molecular flexibility index (Phi) is 4.96. The van der Waals surface area contributed by atoms with Crippen LogP contribution in [0.1, 0.15) is 0 Å². The van der Waals surface area contributed by atoms with Crippen molar-refractivity contribution in [2.24, 2.45) is 0 Å². The minimum atomic E-state index is 0.584. The van der Waals surface area contributed by atoms with Gasteiger partial charge in [-0.2, -0.15) is 0 Å². The Morgan fingerprint density at radius 2 is 1.13 bits per heavy atom. The summed E-state index contributed by atoms with van der Waals surface area (Å²) in [6.07, 6.45) is 0. The summed E-state index contributed by atoms with van der Waals surface area (Å²) in [6, 6.07) is 50.8. The minimum Gasteiger partial charge on any atom is -0.455 e. The van der Waals surface area contributed by atoms with E-state index < -0.39 is 0 Å². The first-order chi connectivity index (χ1) is 22.3. The highest BCUT2D eigenvalue weighted by Crippen LogP contribution is 2.42. The summed E-state index contributed by atoms with van der Waals surface area (Å²) in [5.41, 5.74) is 9.64. The number of oxazole rings is 1. The second-order valence-corrected chi connectivity index (χ2v) is 11.6. The second-order valence-electron chi connectivity index (χ2n) is 11.6.